The summed E-state index contributed by atoms with van der Waals surface area (Å²) in [4.78, 5) is 16.7. The predicted molar refractivity (Wildman–Crippen MR) is 104 cm³/mol. The highest BCUT2D eigenvalue weighted by atomic mass is 32.2. The summed E-state index contributed by atoms with van der Waals surface area (Å²) in [6.07, 6.45) is 0. The number of aryl methyl sites for hydroxylation is 2. The van der Waals surface area contributed by atoms with Gasteiger partial charge in [-0.2, -0.15) is 0 Å². The van der Waals surface area contributed by atoms with Crippen molar-refractivity contribution in [3.05, 3.63) is 54.1 Å². The monoisotopic (exact) mass is 363 g/mol. The minimum Gasteiger partial charge on any atom is -0.327 e. The van der Waals surface area contributed by atoms with Crippen molar-refractivity contribution < 1.29 is 4.79 Å². The number of carbonyl (C=O) groups is 1. The molecule has 0 aliphatic heterocycles. The van der Waals surface area contributed by atoms with Gasteiger partial charge in [0.1, 0.15) is 5.52 Å². The van der Waals surface area contributed by atoms with Crippen molar-refractivity contribution in [2.75, 3.05) is 11.1 Å². The molecule has 0 aliphatic rings. The fourth-order valence-electron chi connectivity index (χ4n) is 2.90. The molecule has 0 radical (unpaired) electrons. The number of thioether (sulfide) groups is 1. The Morgan fingerprint density at radius 2 is 2.00 bits per heavy atom. The number of nitrogens with zero attached hydrogens (tertiary/aromatic N) is 4. The quantitative estimate of drug-likeness (QED) is 0.561. The summed E-state index contributed by atoms with van der Waals surface area (Å²) in [6, 6.07) is 15.7. The zero-order chi connectivity index (χ0) is 18.1. The van der Waals surface area contributed by atoms with Gasteiger partial charge in [-0.05, 0) is 30.7 Å². The molecule has 4 aromatic rings. The minimum absolute atomic E-state index is 0.0960. The van der Waals surface area contributed by atoms with Crippen molar-refractivity contribution in [2.24, 2.45) is 7.05 Å². The van der Waals surface area contributed by atoms with E-state index in [1.165, 1.54) is 11.8 Å². The van der Waals surface area contributed by atoms with Crippen LogP contribution in [0, 0.1) is 6.92 Å². The molecule has 2 heterocycles. The van der Waals surface area contributed by atoms with Crippen LogP contribution in [0.3, 0.4) is 0 Å². The van der Waals surface area contributed by atoms with Crippen LogP contribution in [0.4, 0.5) is 5.69 Å². The lowest BCUT2D eigenvalue weighted by Crippen LogP contribution is -2.14. The Morgan fingerprint density at radius 3 is 2.85 bits per heavy atom. The summed E-state index contributed by atoms with van der Waals surface area (Å²) in [7, 11) is 1.96. The van der Waals surface area contributed by atoms with Gasteiger partial charge in [-0.1, -0.05) is 42.1 Å². The molecule has 1 N–H and O–H groups in total. The zero-order valence-corrected chi connectivity index (χ0v) is 15.2. The summed E-state index contributed by atoms with van der Waals surface area (Å²) in [5.74, 6) is 0.131. The lowest BCUT2D eigenvalue weighted by molar-refractivity contribution is -0.113. The number of nitrogens with one attached hydrogen (secondary N) is 1. The van der Waals surface area contributed by atoms with Gasteiger partial charge in [-0.3, -0.25) is 4.79 Å². The topological polar surface area (TPSA) is 72.7 Å². The van der Waals surface area contributed by atoms with E-state index in [0.29, 0.717) is 5.16 Å². The van der Waals surface area contributed by atoms with Crippen molar-refractivity contribution in [3.8, 4) is 0 Å². The van der Waals surface area contributed by atoms with Crippen LogP contribution in [0.15, 0.2) is 53.7 Å². The Labute approximate surface area is 154 Å². The fourth-order valence-corrected chi connectivity index (χ4v) is 3.49. The van der Waals surface area contributed by atoms with Gasteiger partial charge >= 0.3 is 0 Å². The fraction of sp³-hybridized carbons (Fsp3) is 0.158. The van der Waals surface area contributed by atoms with Crippen LogP contribution >= 0.6 is 11.8 Å². The maximum atomic E-state index is 12.2. The van der Waals surface area contributed by atoms with Gasteiger partial charge < -0.3 is 9.88 Å². The molecule has 6 nitrogen and oxygen atoms in total. The molecular formula is C19H17N5OS. The molecule has 0 aliphatic carbocycles. The molecule has 26 heavy (non-hydrogen) atoms. The van der Waals surface area contributed by atoms with Crippen LogP contribution < -0.4 is 5.32 Å². The number of aromatic nitrogens is 4. The highest BCUT2D eigenvalue weighted by molar-refractivity contribution is 7.99. The smallest absolute Gasteiger partial charge is 0.234 e. The molecule has 2 aromatic heterocycles. The van der Waals surface area contributed by atoms with Crippen molar-refractivity contribution in [3.63, 3.8) is 0 Å². The molecule has 7 heteroatoms. The molecule has 0 saturated carbocycles. The zero-order valence-electron chi connectivity index (χ0n) is 14.4. The second-order valence-corrected chi connectivity index (χ2v) is 6.99. The number of carbonyl (C=O) groups excluding carboxylic acids is 1. The number of amides is 1. The average Bonchev–Trinajstić information content (AvgIpc) is 2.93. The molecule has 0 spiro atoms. The van der Waals surface area contributed by atoms with E-state index in [2.05, 4.69) is 20.5 Å². The van der Waals surface area contributed by atoms with E-state index in [1.54, 1.807) is 0 Å². The predicted octanol–water partition coefficient (Wildman–Crippen LogP) is 3.56. The molecule has 2 aromatic carbocycles. The highest BCUT2D eigenvalue weighted by Crippen LogP contribution is 2.25. The van der Waals surface area contributed by atoms with Crippen LogP contribution in [0.25, 0.3) is 22.1 Å². The number of hydrogen-bond donors (Lipinski definition) is 1. The van der Waals surface area contributed by atoms with E-state index in [1.807, 2.05) is 67.1 Å². The van der Waals surface area contributed by atoms with Crippen molar-refractivity contribution in [1.29, 1.82) is 0 Å². The van der Waals surface area contributed by atoms with Gasteiger partial charge in [-0.15, -0.1) is 10.2 Å². The number of fused-ring (bicyclic) bond motifs is 3. The van der Waals surface area contributed by atoms with Crippen LogP contribution in [0.2, 0.25) is 0 Å². The van der Waals surface area contributed by atoms with E-state index in [0.717, 1.165) is 33.3 Å². The third kappa shape index (κ3) is 3.13. The van der Waals surface area contributed by atoms with Crippen molar-refractivity contribution in [2.45, 2.75) is 12.1 Å². The van der Waals surface area contributed by atoms with E-state index in [9.17, 15) is 4.79 Å². The molecular weight excluding hydrogens is 346 g/mol. The Morgan fingerprint density at radius 1 is 1.15 bits per heavy atom. The molecule has 1 amide bonds. The number of rotatable bonds is 4. The number of benzene rings is 2. The third-order valence-electron chi connectivity index (χ3n) is 4.12. The first-order valence-corrected chi connectivity index (χ1v) is 9.17. The van der Waals surface area contributed by atoms with Crippen LogP contribution in [0.1, 0.15) is 5.56 Å². The Bertz CT molecular complexity index is 1120. The SMILES string of the molecule is Cc1cccc(NC(=O)CSc2nnc3c4ccccc4n(C)c3n2)c1. The number of anilines is 1. The summed E-state index contributed by atoms with van der Waals surface area (Å²) in [5, 5.41) is 12.9. The molecule has 0 fully saturated rings. The molecule has 0 unspecified atom stereocenters. The average molecular weight is 363 g/mol. The highest BCUT2D eigenvalue weighted by Gasteiger charge is 2.13. The summed E-state index contributed by atoms with van der Waals surface area (Å²) in [5.41, 5.74) is 4.49. The summed E-state index contributed by atoms with van der Waals surface area (Å²) in [6.45, 7) is 1.99. The maximum Gasteiger partial charge on any atom is 0.234 e. The van der Waals surface area contributed by atoms with E-state index in [4.69, 9.17) is 0 Å². The molecule has 4 rings (SSSR count). The van der Waals surface area contributed by atoms with Crippen LogP contribution in [-0.2, 0) is 11.8 Å². The van der Waals surface area contributed by atoms with Crippen LogP contribution in [-0.4, -0.2) is 31.4 Å². The van der Waals surface area contributed by atoms with Gasteiger partial charge in [0.15, 0.2) is 5.65 Å². The number of hydrogen-bond acceptors (Lipinski definition) is 5. The largest absolute Gasteiger partial charge is 0.327 e. The second kappa shape index (κ2) is 6.76. The van der Waals surface area contributed by atoms with E-state index < -0.39 is 0 Å². The van der Waals surface area contributed by atoms with E-state index in [-0.39, 0.29) is 11.7 Å². The normalized spacial score (nSPS) is 11.2. The first-order chi connectivity index (χ1) is 12.6. The van der Waals surface area contributed by atoms with Gasteiger partial charge in [0.2, 0.25) is 11.1 Å². The Hall–Kier alpha value is -2.93. The standard InChI is InChI=1S/C19H17N5OS/c1-12-6-5-7-13(10-12)20-16(25)11-26-19-21-18-17(22-23-19)14-8-3-4-9-15(14)24(18)2/h3-10H,11H2,1-2H3,(H,20,25). The maximum absolute atomic E-state index is 12.2. The van der Waals surface area contributed by atoms with Crippen molar-refractivity contribution >= 4 is 45.4 Å². The Kier molecular flexibility index (Phi) is 4.30. The second-order valence-electron chi connectivity index (χ2n) is 6.05. The molecule has 0 bridgehead atoms. The molecule has 0 atom stereocenters. The minimum atomic E-state index is -0.0960. The first-order valence-electron chi connectivity index (χ1n) is 8.19. The van der Waals surface area contributed by atoms with Crippen molar-refractivity contribution in [1.82, 2.24) is 19.7 Å². The summed E-state index contributed by atoms with van der Waals surface area (Å²) < 4.78 is 2.00. The summed E-state index contributed by atoms with van der Waals surface area (Å²) >= 11 is 1.28. The Balaban J connectivity index is 1.51. The lowest BCUT2D eigenvalue weighted by Gasteiger charge is -2.05. The van der Waals surface area contributed by atoms with Crippen LogP contribution in [0.5, 0.6) is 0 Å². The number of para-hydroxylation sites is 1. The molecule has 0 saturated heterocycles. The van der Waals surface area contributed by atoms with E-state index >= 15 is 0 Å². The molecule has 130 valence electrons. The van der Waals surface area contributed by atoms with Gasteiger partial charge in [-0.25, -0.2) is 4.98 Å². The third-order valence-corrected chi connectivity index (χ3v) is 4.96. The lowest BCUT2D eigenvalue weighted by atomic mass is 10.2. The van der Waals surface area contributed by atoms with Gasteiger partial charge in [0, 0.05) is 18.1 Å². The van der Waals surface area contributed by atoms with Gasteiger partial charge in [0.25, 0.3) is 0 Å². The van der Waals surface area contributed by atoms with Gasteiger partial charge in [0.05, 0.1) is 11.3 Å². The first kappa shape index (κ1) is 16.5.